The van der Waals surface area contributed by atoms with Gasteiger partial charge in [-0.2, -0.15) is 0 Å². The smallest absolute Gasteiger partial charge is 0.264 e. The van der Waals surface area contributed by atoms with Crippen LogP contribution in [0, 0.1) is 0 Å². The molecule has 1 aromatic heterocycles. The second-order valence-electron chi connectivity index (χ2n) is 4.70. The molecular weight excluding hydrogens is 360 g/mol. The van der Waals surface area contributed by atoms with Gasteiger partial charge in [0.15, 0.2) is 6.29 Å². The highest BCUT2D eigenvalue weighted by molar-refractivity contribution is 9.11. The third kappa shape index (κ3) is 5.06. The average molecular weight is 377 g/mol. The molecule has 1 N–H and O–H groups in total. The topological polar surface area (TPSA) is 67.9 Å². The van der Waals surface area contributed by atoms with Crippen LogP contribution >= 0.6 is 27.3 Å². The lowest BCUT2D eigenvalue weighted by molar-refractivity contribution is -0.200. The monoisotopic (exact) mass is 376 g/mol. The van der Waals surface area contributed by atoms with Crippen molar-refractivity contribution in [3.8, 4) is 0 Å². The van der Waals surface area contributed by atoms with Gasteiger partial charge in [-0.1, -0.05) is 0 Å². The van der Waals surface area contributed by atoms with E-state index in [2.05, 4.69) is 21.4 Å². The zero-order valence-corrected chi connectivity index (χ0v) is 14.0. The van der Waals surface area contributed by atoms with Gasteiger partial charge in [-0.25, -0.2) is 10.3 Å². The maximum atomic E-state index is 12.1. The van der Waals surface area contributed by atoms with E-state index in [0.717, 1.165) is 23.0 Å². The standard InChI is InChI=1S/C13H17BrN2O4S/c1-16(13(18)9-5-6-10(14)21-9)8-11(17)15-20-12-4-2-3-7-19-12/h5-6,12H,2-4,7-8H2,1H3,(H,15,17). The lowest BCUT2D eigenvalue weighted by atomic mass is 10.2. The first kappa shape index (κ1) is 16.4. The maximum Gasteiger partial charge on any atom is 0.264 e. The van der Waals surface area contributed by atoms with Gasteiger partial charge in [0.1, 0.15) is 6.54 Å². The molecule has 1 fully saturated rings. The van der Waals surface area contributed by atoms with E-state index in [9.17, 15) is 9.59 Å². The third-order valence-corrected chi connectivity index (χ3v) is 4.57. The summed E-state index contributed by atoms with van der Waals surface area (Å²) >= 11 is 4.63. The third-order valence-electron chi connectivity index (χ3n) is 2.95. The summed E-state index contributed by atoms with van der Waals surface area (Å²) in [7, 11) is 1.58. The number of likely N-dealkylation sites (N-methyl/N-ethyl adjacent to an activating group) is 1. The van der Waals surface area contributed by atoms with Crippen LogP contribution in [-0.4, -0.2) is 43.2 Å². The van der Waals surface area contributed by atoms with E-state index in [1.54, 1.807) is 19.2 Å². The van der Waals surface area contributed by atoms with Crippen LogP contribution in [0.4, 0.5) is 0 Å². The predicted octanol–water partition coefficient (Wildman–Crippen LogP) is 2.16. The number of hydrogen-bond donors (Lipinski definition) is 1. The Balaban J connectivity index is 1.74. The summed E-state index contributed by atoms with van der Waals surface area (Å²) in [5.74, 6) is -0.578. The van der Waals surface area contributed by atoms with Crippen LogP contribution in [0.3, 0.4) is 0 Å². The second kappa shape index (κ2) is 7.88. The van der Waals surface area contributed by atoms with Crippen molar-refractivity contribution in [1.29, 1.82) is 0 Å². The predicted molar refractivity (Wildman–Crippen MR) is 81.8 cm³/mol. The Morgan fingerprint density at radius 1 is 1.52 bits per heavy atom. The van der Waals surface area contributed by atoms with Gasteiger partial charge in [0, 0.05) is 20.1 Å². The number of halogens is 1. The first-order chi connectivity index (χ1) is 10.1. The zero-order chi connectivity index (χ0) is 15.2. The molecule has 116 valence electrons. The van der Waals surface area contributed by atoms with Gasteiger partial charge in [0.25, 0.3) is 11.8 Å². The van der Waals surface area contributed by atoms with Gasteiger partial charge < -0.3 is 9.64 Å². The quantitative estimate of drug-likeness (QED) is 0.799. The minimum absolute atomic E-state index is 0.0684. The second-order valence-corrected chi connectivity index (χ2v) is 7.17. The van der Waals surface area contributed by atoms with Crippen molar-refractivity contribution in [3.63, 3.8) is 0 Å². The zero-order valence-electron chi connectivity index (χ0n) is 11.6. The Kier molecular flexibility index (Phi) is 6.16. The summed E-state index contributed by atoms with van der Waals surface area (Å²) in [5.41, 5.74) is 2.33. The van der Waals surface area contributed by atoms with Gasteiger partial charge in [0.05, 0.1) is 8.66 Å². The van der Waals surface area contributed by atoms with E-state index in [0.29, 0.717) is 11.5 Å². The van der Waals surface area contributed by atoms with Crippen LogP contribution < -0.4 is 5.48 Å². The normalized spacial score (nSPS) is 18.3. The Bertz CT molecular complexity index is 502. The minimum atomic E-state index is -0.392. The highest BCUT2D eigenvalue weighted by Crippen LogP contribution is 2.22. The number of rotatable bonds is 5. The molecule has 8 heteroatoms. The molecule has 1 aliphatic rings. The van der Waals surface area contributed by atoms with Crippen LogP contribution in [-0.2, 0) is 14.4 Å². The molecule has 0 aliphatic carbocycles. The highest BCUT2D eigenvalue weighted by atomic mass is 79.9. The summed E-state index contributed by atoms with van der Waals surface area (Å²) in [4.78, 5) is 30.9. The van der Waals surface area contributed by atoms with Gasteiger partial charge in [0.2, 0.25) is 0 Å². The number of ether oxygens (including phenoxy) is 1. The van der Waals surface area contributed by atoms with E-state index in [-0.39, 0.29) is 18.4 Å². The van der Waals surface area contributed by atoms with Crippen LogP contribution in [0.2, 0.25) is 0 Å². The van der Waals surface area contributed by atoms with E-state index < -0.39 is 6.29 Å². The molecule has 1 saturated heterocycles. The van der Waals surface area contributed by atoms with Gasteiger partial charge in [-0.3, -0.25) is 9.59 Å². The lowest BCUT2D eigenvalue weighted by Crippen LogP contribution is -2.40. The van der Waals surface area contributed by atoms with Crippen molar-refractivity contribution < 1.29 is 19.2 Å². The fourth-order valence-corrected chi connectivity index (χ4v) is 3.25. The number of nitrogens with zero attached hydrogens (tertiary/aromatic N) is 1. The van der Waals surface area contributed by atoms with Crippen molar-refractivity contribution >= 4 is 39.1 Å². The molecule has 6 nitrogen and oxygen atoms in total. The molecule has 21 heavy (non-hydrogen) atoms. The molecule has 0 saturated carbocycles. The van der Waals surface area contributed by atoms with E-state index in [4.69, 9.17) is 9.57 Å². The first-order valence-corrected chi connectivity index (χ1v) is 8.24. The lowest BCUT2D eigenvalue weighted by Gasteiger charge is -2.23. The summed E-state index contributed by atoms with van der Waals surface area (Å²) in [6.07, 6.45) is 2.41. The molecule has 1 unspecified atom stereocenters. The van der Waals surface area contributed by atoms with Gasteiger partial charge >= 0.3 is 0 Å². The first-order valence-electron chi connectivity index (χ1n) is 6.63. The molecule has 1 aliphatic heterocycles. The van der Waals surface area contributed by atoms with Crippen molar-refractivity contribution in [2.24, 2.45) is 0 Å². The molecule has 0 bridgehead atoms. The number of hydroxylamine groups is 1. The number of amides is 2. The summed E-state index contributed by atoms with van der Waals surface area (Å²) in [6.45, 7) is 0.577. The summed E-state index contributed by atoms with van der Waals surface area (Å²) in [6, 6.07) is 3.52. The Hall–Kier alpha value is -0.960. The highest BCUT2D eigenvalue weighted by Gasteiger charge is 2.19. The molecule has 0 spiro atoms. The number of carbonyl (C=O) groups excluding carboxylic acids is 2. The average Bonchev–Trinajstić information content (AvgIpc) is 2.92. The number of thiophene rings is 1. The summed E-state index contributed by atoms with van der Waals surface area (Å²) < 4.78 is 6.21. The number of hydrogen-bond acceptors (Lipinski definition) is 5. The van der Waals surface area contributed by atoms with E-state index in [1.165, 1.54) is 16.2 Å². The van der Waals surface area contributed by atoms with E-state index >= 15 is 0 Å². The van der Waals surface area contributed by atoms with Crippen molar-refractivity contribution in [2.45, 2.75) is 25.6 Å². The minimum Gasteiger partial charge on any atom is -0.350 e. The maximum absolute atomic E-state index is 12.1. The van der Waals surface area contributed by atoms with Crippen LogP contribution in [0.15, 0.2) is 15.9 Å². The Morgan fingerprint density at radius 2 is 2.33 bits per heavy atom. The van der Waals surface area contributed by atoms with Crippen LogP contribution in [0.25, 0.3) is 0 Å². The van der Waals surface area contributed by atoms with Gasteiger partial charge in [-0.15, -0.1) is 11.3 Å². The molecule has 0 aromatic carbocycles. The van der Waals surface area contributed by atoms with Crippen molar-refractivity contribution in [1.82, 2.24) is 10.4 Å². The largest absolute Gasteiger partial charge is 0.350 e. The Labute approximate surface area is 135 Å². The Morgan fingerprint density at radius 3 is 2.95 bits per heavy atom. The molecule has 1 aromatic rings. The molecule has 2 heterocycles. The molecule has 2 amide bonds. The molecule has 1 atom stereocenters. The van der Waals surface area contributed by atoms with E-state index in [1.807, 2.05) is 0 Å². The van der Waals surface area contributed by atoms with Crippen LogP contribution in [0.1, 0.15) is 28.9 Å². The number of nitrogens with one attached hydrogen (secondary N) is 1. The van der Waals surface area contributed by atoms with Gasteiger partial charge in [-0.05, 0) is 40.9 Å². The number of carbonyl (C=O) groups is 2. The molecular formula is C13H17BrN2O4S. The van der Waals surface area contributed by atoms with Crippen molar-refractivity contribution in [2.75, 3.05) is 20.2 Å². The molecule has 0 radical (unpaired) electrons. The fourth-order valence-electron chi connectivity index (χ4n) is 1.87. The van der Waals surface area contributed by atoms with Crippen LogP contribution in [0.5, 0.6) is 0 Å². The van der Waals surface area contributed by atoms with Crippen molar-refractivity contribution in [3.05, 3.63) is 20.8 Å². The SMILES string of the molecule is CN(CC(=O)NOC1CCCCO1)C(=O)c1ccc(Br)s1. The fraction of sp³-hybridized carbons (Fsp3) is 0.538. The molecule has 2 rings (SSSR count). The summed E-state index contributed by atoms with van der Waals surface area (Å²) in [5, 5.41) is 0.